The molecule has 0 aliphatic heterocycles. The predicted octanol–water partition coefficient (Wildman–Crippen LogP) is 2.33. The molecular formula is C11H14O. The van der Waals surface area contributed by atoms with Gasteiger partial charge < -0.3 is 0 Å². The lowest BCUT2D eigenvalue weighted by Crippen LogP contribution is -2.27. The molecule has 0 aromatic heterocycles. The summed E-state index contributed by atoms with van der Waals surface area (Å²) in [4.78, 5) is 11.1. The molecule has 0 bridgehead atoms. The van der Waals surface area contributed by atoms with Gasteiger partial charge in [-0.3, -0.25) is 4.79 Å². The second-order valence-electron chi connectivity index (χ2n) is 3.16. The summed E-state index contributed by atoms with van der Waals surface area (Å²) in [6.45, 7) is 5.73. The summed E-state index contributed by atoms with van der Waals surface area (Å²) in [5.74, 6) is 6.35. The molecule has 0 heterocycles. The van der Waals surface area contributed by atoms with Gasteiger partial charge in [0.25, 0.3) is 0 Å². The first-order valence-electron chi connectivity index (χ1n) is 4.32. The van der Waals surface area contributed by atoms with Crippen LogP contribution in [0.4, 0.5) is 0 Å². The van der Waals surface area contributed by atoms with E-state index in [0.29, 0.717) is 5.78 Å². The fraction of sp³-hybridized carbons (Fsp3) is 0.545. The molecule has 1 atom stereocenters. The third kappa shape index (κ3) is 1.43. The van der Waals surface area contributed by atoms with Crippen molar-refractivity contribution in [1.29, 1.82) is 0 Å². The van der Waals surface area contributed by atoms with Crippen molar-refractivity contribution < 1.29 is 4.79 Å². The smallest absolute Gasteiger partial charge is 0.165 e. The van der Waals surface area contributed by atoms with Crippen LogP contribution in [0.2, 0.25) is 0 Å². The fourth-order valence-electron chi connectivity index (χ4n) is 1.61. The van der Waals surface area contributed by atoms with E-state index >= 15 is 0 Å². The Morgan fingerprint density at radius 3 is 2.67 bits per heavy atom. The Hall–Kier alpha value is -1.03. The summed E-state index contributed by atoms with van der Waals surface area (Å²) in [6, 6.07) is 0. The van der Waals surface area contributed by atoms with Gasteiger partial charge >= 0.3 is 0 Å². The van der Waals surface area contributed by atoms with E-state index < -0.39 is 0 Å². The Balaban J connectivity index is 2.53. The normalized spacial score (nSPS) is 21.6. The van der Waals surface area contributed by atoms with Gasteiger partial charge in [-0.2, -0.15) is 0 Å². The number of hydrogen-bond acceptors (Lipinski definition) is 1. The fourth-order valence-corrected chi connectivity index (χ4v) is 1.61. The summed E-state index contributed by atoms with van der Waals surface area (Å²) in [5, 5.41) is 0. The number of ketones is 1. The van der Waals surface area contributed by atoms with E-state index in [1.807, 2.05) is 20.8 Å². The van der Waals surface area contributed by atoms with E-state index in [9.17, 15) is 4.79 Å². The molecule has 1 aliphatic rings. The van der Waals surface area contributed by atoms with Crippen LogP contribution in [0.1, 0.15) is 33.6 Å². The van der Waals surface area contributed by atoms with Gasteiger partial charge in [0.1, 0.15) is 0 Å². The largest absolute Gasteiger partial charge is 0.294 e. The zero-order valence-corrected chi connectivity index (χ0v) is 7.90. The molecule has 0 saturated heterocycles. The Bertz CT molecular complexity index is 286. The molecule has 64 valence electrons. The molecule has 0 amide bonds. The summed E-state index contributed by atoms with van der Waals surface area (Å²) >= 11 is 0. The van der Waals surface area contributed by atoms with Gasteiger partial charge in [-0.05, 0) is 25.8 Å². The SMILES string of the molecule is CC#CCCC1=C(C)C(=O)C1C. The van der Waals surface area contributed by atoms with Gasteiger partial charge in [-0.1, -0.05) is 12.5 Å². The molecular weight excluding hydrogens is 148 g/mol. The minimum absolute atomic E-state index is 0.170. The van der Waals surface area contributed by atoms with Crippen LogP contribution < -0.4 is 0 Å². The van der Waals surface area contributed by atoms with E-state index in [4.69, 9.17) is 0 Å². The lowest BCUT2D eigenvalue weighted by atomic mass is 9.76. The Kier molecular flexibility index (Phi) is 2.70. The lowest BCUT2D eigenvalue weighted by molar-refractivity contribution is -0.119. The summed E-state index contributed by atoms with van der Waals surface area (Å²) < 4.78 is 0. The quantitative estimate of drug-likeness (QED) is 0.569. The van der Waals surface area contributed by atoms with Crippen LogP contribution >= 0.6 is 0 Å². The summed E-state index contributed by atoms with van der Waals surface area (Å²) in [7, 11) is 0. The third-order valence-corrected chi connectivity index (χ3v) is 2.46. The molecule has 0 aromatic carbocycles. The minimum Gasteiger partial charge on any atom is -0.294 e. The molecule has 0 radical (unpaired) electrons. The molecule has 0 spiro atoms. The van der Waals surface area contributed by atoms with Gasteiger partial charge in [-0.25, -0.2) is 0 Å². The molecule has 1 unspecified atom stereocenters. The van der Waals surface area contributed by atoms with Crippen molar-refractivity contribution in [3.63, 3.8) is 0 Å². The van der Waals surface area contributed by atoms with E-state index in [2.05, 4.69) is 11.8 Å². The molecule has 0 saturated carbocycles. The number of hydrogen-bond donors (Lipinski definition) is 0. The zero-order chi connectivity index (χ0) is 9.14. The molecule has 0 N–H and O–H groups in total. The maximum absolute atomic E-state index is 11.1. The first-order valence-corrected chi connectivity index (χ1v) is 4.32. The van der Waals surface area contributed by atoms with Crippen LogP contribution in [-0.2, 0) is 4.79 Å². The van der Waals surface area contributed by atoms with Gasteiger partial charge in [0.15, 0.2) is 5.78 Å². The van der Waals surface area contributed by atoms with E-state index in [-0.39, 0.29) is 5.92 Å². The van der Waals surface area contributed by atoms with Gasteiger partial charge in [0.2, 0.25) is 0 Å². The highest BCUT2D eigenvalue weighted by Gasteiger charge is 2.31. The van der Waals surface area contributed by atoms with Crippen LogP contribution in [0.5, 0.6) is 0 Å². The number of carbonyl (C=O) groups excluding carboxylic acids is 1. The van der Waals surface area contributed by atoms with Crippen molar-refractivity contribution in [2.24, 2.45) is 5.92 Å². The third-order valence-electron chi connectivity index (χ3n) is 2.46. The maximum atomic E-state index is 11.1. The van der Waals surface area contributed by atoms with Gasteiger partial charge in [0, 0.05) is 12.3 Å². The van der Waals surface area contributed by atoms with E-state index in [1.54, 1.807) is 0 Å². The van der Waals surface area contributed by atoms with Crippen LogP contribution in [0, 0.1) is 17.8 Å². The Morgan fingerprint density at radius 2 is 2.17 bits per heavy atom. The number of carbonyl (C=O) groups is 1. The number of allylic oxidation sites excluding steroid dienone is 2. The van der Waals surface area contributed by atoms with E-state index in [0.717, 1.165) is 18.4 Å². The van der Waals surface area contributed by atoms with Crippen molar-refractivity contribution in [2.45, 2.75) is 33.6 Å². The van der Waals surface area contributed by atoms with Crippen molar-refractivity contribution in [1.82, 2.24) is 0 Å². The highest BCUT2D eigenvalue weighted by molar-refractivity contribution is 6.05. The highest BCUT2D eigenvalue weighted by Crippen LogP contribution is 2.33. The van der Waals surface area contributed by atoms with Crippen LogP contribution in [0.3, 0.4) is 0 Å². The van der Waals surface area contributed by atoms with Crippen LogP contribution in [-0.4, -0.2) is 5.78 Å². The van der Waals surface area contributed by atoms with Crippen molar-refractivity contribution in [3.8, 4) is 11.8 Å². The number of Topliss-reactive ketones (excluding diaryl/α,β-unsaturated/α-hetero) is 1. The lowest BCUT2D eigenvalue weighted by Gasteiger charge is -2.26. The van der Waals surface area contributed by atoms with E-state index in [1.165, 1.54) is 5.57 Å². The summed E-state index contributed by atoms with van der Waals surface area (Å²) in [5.41, 5.74) is 2.28. The summed E-state index contributed by atoms with van der Waals surface area (Å²) in [6.07, 6.45) is 1.86. The second-order valence-corrected chi connectivity index (χ2v) is 3.16. The second kappa shape index (κ2) is 3.58. The van der Waals surface area contributed by atoms with Crippen molar-refractivity contribution >= 4 is 5.78 Å². The molecule has 1 nitrogen and oxygen atoms in total. The Morgan fingerprint density at radius 1 is 1.50 bits per heavy atom. The van der Waals surface area contributed by atoms with Crippen molar-refractivity contribution in [3.05, 3.63) is 11.1 Å². The highest BCUT2D eigenvalue weighted by atomic mass is 16.1. The minimum atomic E-state index is 0.170. The molecule has 1 heteroatoms. The van der Waals surface area contributed by atoms with Gasteiger partial charge in [-0.15, -0.1) is 11.8 Å². The number of rotatable bonds is 2. The topological polar surface area (TPSA) is 17.1 Å². The molecule has 0 fully saturated rings. The molecule has 1 rings (SSSR count). The Labute approximate surface area is 73.9 Å². The monoisotopic (exact) mass is 162 g/mol. The maximum Gasteiger partial charge on any atom is 0.165 e. The first kappa shape index (κ1) is 9.06. The average molecular weight is 162 g/mol. The predicted molar refractivity (Wildman–Crippen MR) is 49.6 cm³/mol. The van der Waals surface area contributed by atoms with Crippen LogP contribution in [0.25, 0.3) is 0 Å². The van der Waals surface area contributed by atoms with Crippen molar-refractivity contribution in [2.75, 3.05) is 0 Å². The molecule has 0 aromatic rings. The molecule has 12 heavy (non-hydrogen) atoms. The van der Waals surface area contributed by atoms with Crippen LogP contribution in [0.15, 0.2) is 11.1 Å². The molecule has 1 aliphatic carbocycles. The average Bonchev–Trinajstić information content (AvgIpc) is 2.11. The van der Waals surface area contributed by atoms with Gasteiger partial charge in [0.05, 0.1) is 0 Å². The standard InChI is InChI=1S/C11H14O/c1-4-5-6-7-10-8(2)11(12)9(10)3/h8H,6-7H2,1-3H3. The first-order chi connectivity index (χ1) is 5.68. The zero-order valence-electron chi connectivity index (χ0n) is 7.90.